The van der Waals surface area contributed by atoms with Gasteiger partial charge in [0, 0.05) is 30.5 Å². The predicted molar refractivity (Wildman–Crippen MR) is 125 cm³/mol. The highest BCUT2D eigenvalue weighted by atomic mass is 32.2. The molecule has 1 aliphatic rings. The van der Waals surface area contributed by atoms with Crippen molar-refractivity contribution in [3.63, 3.8) is 0 Å². The highest BCUT2D eigenvalue weighted by molar-refractivity contribution is 8.00. The number of nitriles is 1. The Bertz CT molecular complexity index is 1340. The minimum Gasteiger partial charge on any atom is -0.497 e. The molecule has 2 amide bonds. The van der Waals surface area contributed by atoms with Crippen LogP contribution in [-0.4, -0.2) is 40.9 Å². The Morgan fingerprint density at radius 2 is 2.12 bits per heavy atom. The van der Waals surface area contributed by atoms with Gasteiger partial charge in [-0.05, 0) is 52.8 Å². The van der Waals surface area contributed by atoms with Gasteiger partial charge < -0.3 is 15.0 Å². The van der Waals surface area contributed by atoms with E-state index in [1.54, 1.807) is 43.2 Å². The molecule has 3 aromatic rings. The van der Waals surface area contributed by atoms with Crippen LogP contribution in [0.2, 0.25) is 0 Å². The number of hydrogen-bond acceptors (Lipinski definition) is 8. The van der Waals surface area contributed by atoms with Crippen LogP contribution in [0.25, 0.3) is 5.69 Å². The first-order chi connectivity index (χ1) is 16.3. The van der Waals surface area contributed by atoms with E-state index in [-0.39, 0.29) is 16.8 Å². The van der Waals surface area contributed by atoms with Gasteiger partial charge in [-0.25, -0.2) is 4.79 Å². The summed E-state index contributed by atoms with van der Waals surface area (Å²) in [7, 11) is 1.56. The van der Waals surface area contributed by atoms with Crippen molar-refractivity contribution in [1.29, 1.82) is 5.26 Å². The van der Waals surface area contributed by atoms with E-state index in [1.165, 1.54) is 22.9 Å². The Hall–Kier alpha value is -3.56. The van der Waals surface area contributed by atoms with Crippen LogP contribution in [0.3, 0.4) is 0 Å². The summed E-state index contributed by atoms with van der Waals surface area (Å²) in [5.41, 5.74) is 1.34. The number of hydrogen-bond donors (Lipinski definition) is 2. The fourth-order valence-corrected chi connectivity index (χ4v) is 5.68. The van der Waals surface area contributed by atoms with Crippen LogP contribution >= 0.6 is 23.1 Å². The number of rotatable bonds is 6. The third kappa shape index (κ3) is 4.57. The fraction of sp³-hybridized carbons (Fsp3) is 0.318. The first-order valence-electron chi connectivity index (χ1n) is 10.4. The van der Waals surface area contributed by atoms with Crippen LogP contribution in [0.4, 0.5) is 5.00 Å². The number of aromatic amines is 1. The normalized spacial score (nSPS) is 13.6. The number of thioether (sulfide) groups is 1. The highest BCUT2D eigenvalue weighted by Crippen LogP contribution is 2.37. The number of carbonyl (C=O) groups is 2. The second kappa shape index (κ2) is 9.74. The average Bonchev–Trinajstić information content (AvgIpc) is 3.37. The zero-order valence-electron chi connectivity index (χ0n) is 18.7. The number of ether oxygens (including phenoxy) is 1. The van der Waals surface area contributed by atoms with Gasteiger partial charge in [-0.1, -0.05) is 0 Å². The lowest BCUT2D eigenvalue weighted by atomic mass is 10.0. The molecule has 176 valence electrons. The van der Waals surface area contributed by atoms with Gasteiger partial charge in [0.1, 0.15) is 16.8 Å². The maximum absolute atomic E-state index is 13.0. The number of thiophene rings is 1. The van der Waals surface area contributed by atoms with E-state index in [9.17, 15) is 19.6 Å². The Labute approximate surface area is 203 Å². The van der Waals surface area contributed by atoms with Crippen LogP contribution in [-0.2, 0) is 22.6 Å². The number of aromatic nitrogens is 2. The van der Waals surface area contributed by atoms with E-state index in [4.69, 9.17) is 9.26 Å². The molecule has 1 aliphatic heterocycles. The molecule has 10 nitrogen and oxygen atoms in total. The number of H-pyrrole nitrogens is 1. The fourth-order valence-electron chi connectivity index (χ4n) is 3.58. The van der Waals surface area contributed by atoms with Crippen LogP contribution in [0.5, 0.6) is 5.75 Å². The summed E-state index contributed by atoms with van der Waals surface area (Å²) in [5.74, 6) is 0.282. The predicted octanol–water partition coefficient (Wildman–Crippen LogP) is 2.21. The molecule has 0 aliphatic carbocycles. The Morgan fingerprint density at radius 1 is 1.38 bits per heavy atom. The molecule has 0 bridgehead atoms. The van der Waals surface area contributed by atoms with Crippen molar-refractivity contribution < 1.29 is 23.5 Å². The van der Waals surface area contributed by atoms with Crippen molar-refractivity contribution in [1.82, 2.24) is 10.2 Å². The van der Waals surface area contributed by atoms with Gasteiger partial charge in [-0.2, -0.15) is 5.26 Å². The molecular weight excluding hydrogens is 478 g/mol. The lowest BCUT2D eigenvalue weighted by Gasteiger charge is -2.25. The lowest BCUT2D eigenvalue weighted by molar-refractivity contribution is -0.704. The molecule has 0 saturated heterocycles. The molecule has 0 fully saturated rings. The SMILES string of the molecule is COc1ccc(-[n+]2[nH]oc(=O)c2SC(C)C(=O)Nc2sc3c(c2C#N)CCN(C(C)=O)C3)cc1. The van der Waals surface area contributed by atoms with Crippen molar-refractivity contribution in [3.8, 4) is 17.5 Å². The summed E-state index contributed by atoms with van der Waals surface area (Å²) < 4.78 is 11.6. The Morgan fingerprint density at radius 3 is 2.76 bits per heavy atom. The smallest absolute Gasteiger partial charge is 0.442 e. The zero-order chi connectivity index (χ0) is 24.4. The maximum Gasteiger partial charge on any atom is 0.442 e. The van der Waals surface area contributed by atoms with Crippen molar-refractivity contribution in [2.24, 2.45) is 0 Å². The molecule has 2 N–H and O–H groups in total. The maximum atomic E-state index is 13.0. The van der Waals surface area contributed by atoms with E-state index < -0.39 is 10.9 Å². The van der Waals surface area contributed by atoms with Gasteiger partial charge in [0.2, 0.25) is 17.5 Å². The third-order valence-electron chi connectivity index (χ3n) is 5.45. The molecule has 34 heavy (non-hydrogen) atoms. The topological polar surface area (TPSA) is 132 Å². The van der Waals surface area contributed by atoms with Crippen LogP contribution in [0.1, 0.15) is 29.9 Å². The number of carbonyl (C=O) groups excluding carboxylic acids is 2. The molecule has 0 saturated carbocycles. The first-order valence-corrected chi connectivity index (χ1v) is 12.1. The van der Waals surface area contributed by atoms with E-state index in [0.29, 0.717) is 41.5 Å². The molecular formula is C22H22N5O5S2+. The average molecular weight is 501 g/mol. The molecule has 4 rings (SSSR count). The quantitative estimate of drug-likeness (QED) is 0.392. The number of benzene rings is 1. The largest absolute Gasteiger partial charge is 0.497 e. The zero-order valence-corrected chi connectivity index (χ0v) is 20.3. The van der Waals surface area contributed by atoms with Crippen molar-refractivity contribution in [2.75, 3.05) is 19.0 Å². The van der Waals surface area contributed by atoms with Gasteiger partial charge >= 0.3 is 10.7 Å². The van der Waals surface area contributed by atoms with E-state index in [0.717, 1.165) is 22.2 Å². The van der Waals surface area contributed by atoms with Gasteiger partial charge in [-0.3, -0.25) is 14.1 Å². The summed E-state index contributed by atoms with van der Waals surface area (Å²) in [6.07, 6.45) is 0.570. The van der Waals surface area contributed by atoms with Crippen LogP contribution < -0.4 is 20.4 Å². The van der Waals surface area contributed by atoms with Crippen molar-refractivity contribution in [2.45, 2.75) is 37.1 Å². The Kier molecular flexibility index (Phi) is 6.76. The van der Waals surface area contributed by atoms with E-state index >= 15 is 0 Å². The van der Waals surface area contributed by atoms with Crippen molar-refractivity contribution in [3.05, 3.63) is 50.7 Å². The molecule has 1 aromatic carbocycles. The summed E-state index contributed by atoms with van der Waals surface area (Å²) >= 11 is 2.35. The van der Waals surface area contributed by atoms with Gasteiger partial charge in [0.05, 0.1) is 24.5 Å². The molecule has 1 atom stereocenters. The summed E-state index contributed by atoms with van der Waals surface area (Å²) in [6.45, 7) is 4.15. The summed E-state index contributed by atoms with van der Waals surface area (Å²) in [5, 5.41) is 15.1. The number of anilines is 1. The summed E-state index contributed by atoms with van der Waals surface area (Å²) in [6, 6.07) is 9.17. The molecule has 1 unspecified atom stereocenters. The minimum absolute atomic E-state index is 0.0244. The molecule has 3 heterocycles. The Balaban J connectivity index is 1.52. The molecule has 0 spiro atoms. The summed E-state index contributed by atoms with van der Waals surface area (Å²) in [4.78, 5) is 39.6. The van der Waals surface area contributed by atoms with Crippen LogP contribution in [0, 0.1) is 11.3 Å². The highest BCUT2D eigenvalue weighted by Gasteiger charge is 2.31. The number of amides is 2. The number of fused-ring (bicyclic) bond motifs is 1. The standard InChI is InChI=1S/C22H21N5O5S2/c1-12(33-21-22(30)32-25-27(21)14-4-6-15(31-3)7-5-14)19(29)24-20-17(10-23)16-8-9-26(13(2)28)11-18(16)34-20/h4-7,12H,8-9,11H2,1-3H3,(H-,24,25,29,30)/p+1. The minimum atomic E-state index is -0.664. The number of nitrogens with zero attached hydrogens (tertiary/aromatic N) is 3. The van der Waals surface area contributed by atoms with E-state index in [1.807, 2.05) is 0 Å². The number of nitrogens with one attached hydrogen (secondary N) is 2. The molecule has 2 aromatic heterocycles. The van der Waals surface area contributed by atoms with Gasteiger partial charge in [-0.15, -0.1) is 11.3 Å². The first kappa shape index (κ1) is 23.6. The van der Waals surface area contributed by atoms with Crippen molar-refractivity contribution >= 4 is 39.9 Å². The second-order valence-corrected chi connectivity index (χ2v) is 10.0. The lowest BCUT2D eigenvalue weighted by Crippen LogP contribution is -2.37. The molecule has 12 heteroatoms. The van der Waals surface area contributed by atoms with Gasteiger partial charge in [0.15, 0.2) is 0 Å². The number of methoxy groups -OCH3 is 1. The van der Waals surface area contributed by atoms with Gasteiger partial charge in [0.25, 0.3) is 0 Å². The molecule has 0 radical (unpaired) electrons. The third-order valence-corrected chi connectivity index (χ3v) is 7.72. The second-order valence-electron chi connectivity index (χ2n) is 7.58. The monoisotopic (exact) mass is 500 g/mol. The van der Waals surface area contributed by atoms with Crippen LogP contribution in [0.15, 0.2) is 38.6 Å². The van der Waals surface area contributed by atoms with E-state index in [2.05, 4.69) is 16.7 Å².